The van der Waals surface area contributed by atoms with Gasteiger partial charge in [0.15, 0.2) is 0 Å². The predicted octanol–water partition coefficient (Wildman–Crippen LogP) is 2.47. The summed E-state index contributed by atoms with van der Waals surface area (Å²) < 4.78 is 1.76. The molecule has 0 unspecified atom stereocenters. The highest BCUT2D eigenvalue weighted by atomic mass is 15.2. The zero-order valence-electron chi connectivity index (χ0n) is 10.2. The van der Waals surface area contributed by atoms with Gasteiger partial charge in [0.25, 0.3) is 0 Å². The highest BCUT2D eigenvalue weighted by Crippen LogP contribution is 2.26. The lowest BCUT2D eigenvalue weighted by Gasteiger charge is -2.10. The van der Waals surface area contributed by atoms with Gasteiger partial charge < -0.3 is 0 Å². The van der Waals surface area contributed by atoms with E-state index in [9.17, 15) is 0 Å². The Labute approximate surface area is 106 Å². The summed E-state index contributed by atoms with van der Waals surface area (Å²) in [5.74, 6) is 6.37. The molecule has 3 heteroatoms. The van der Waals surface area contributed by atoms with Gasteiger partial charge in [-0.1, -0.05) is 17.9 Å². The van der Waals surface area contributed by atoms with Gasteiger partial charge in [0.1, 0.15) is 0 Å². The fourth-order valence-corrected chi connectivity index (χ4v) is 2.07. The molecule has 0 radical (unpaired) electrons. The van der Waals surface area contributed by atoms with Crippen LogP contribution in [0.4, 0.5) is 5.69 Å². The van der Waals surface area contributed by atoms with E-state index < -0.39 is 0 Å². The molecule has 1 aliphatic rings. The summed E-state index contributed by atoms with van der Waals surface area (Å²) >= 11 is 0. The van der Waals surface area contributed by atoms with E-state index in [1.165, 1.54) is 5.56 Å². The van der Waals surface area contributed by atoms with Crippen molar-refractivity contribution in [2.75, 3.05) is 0 Å². The van der Waals surface area contributed by atoms with Crippen molar-refractivity contribution < 1.29 is 0 Å². The van der Waals surface area contributed by atoms with Gasteiger partial charge in [-0.3, -0.25) is 9.67 Å². The summed E-state index contributed by atoms with van der Waals surface area (Å²) in [5, 5.41) is 4.11. The number of aromatic nitrogens is 2. The second-order valence-corrected chi connectivity index (χ2v) is 4.31. The van der Waals surface area contributed by atoms with Crippen LogP contribution in [0.1, 0.15) is 23.1 Å². The van der Waals surface area contributed by atoms with Gasteiger partial charge in [0, 0.05) is 25.0 Å². The van der Waals surface area contributed by atoms with Crippen LogP contribution < -0.4 is 0 Å². The number of nitrogens with zero attached hydrogens (tertiary/aromatic N) is 3. The number of hydrogen-bond donors (Lipinski definition) is 0. The van der Waals surface area contributed by atoms with E-state index in [-0.39, 0.29) is 0 Å². The molecule has 1 aliphatic heterocycles. The maximum absolute atomic E-state index is 4.40. The molecular formula is C15H13N3. The molecule has 0 atom stereocenters. The first-order valence-corrected chi connectivity index (χ1v) is 5.98. The van der Waals surface area contributed by atoms with Crippen molar-refractivity contribution in [2.24, 2.45) is 12.0 Å². The van der Waals surface area contributed by atoms with Gasteiger partial charge in [0.2, 0.25) is 0 Å². The average molecular weight is 235 g/mol. The molecule has 0 fully saturated rings. The molecular weight excluding hydrogens is 222 g/mol. The Bertz CT molecular complexity index is 669. The lowest BCUT2D eigenvalue weighted by molar-refractivity contribution is 0.767. The average Bonchev–Trinajstić information content (AvgIpc) is 2.82. The smallest absolute Gasteiger partial charge is 0.0670 e. The Balaban J connectivity index is 1.99. The molecule has 3 nitrogen and oxygen atoms in total. The number of fused-ring (bicyclic) bond motifs is 1. The molecule has 1 aromatic carbocycles. The van der Waals surface area contributed by atoms with Crippen LogP contribution in [-0.4, -0.2) is 16.0 Å². The number of benzene rings is 1. The molecule has 3 rings (SSSR count). The Hall–Kier alpha value is -2.34. The van der Waals surface area contributed by atoms with E-state index in [4.69, 9.17) is 0 Å². The minimum Gasteiger partial charge on any atom is -0.275 e. The van der Waals surface area contributed by atoms with Crippen molar-refractivity contribution in [3.63, 3.8) is 0 Å². The number of aliphatic imine (C=N–C) groups is 1. The van der Waals surface area contributed by atoms with Crippen LogP contribution in [0, 0.1) is 11.8 Å². The molecule has 18 heavy (non-hydrogen) atoms. The zero-order chi connectivity index (χ0) is 12.4. The Morgan fingerprint density at radius 3 is 3.06 bits per heavy atom. The van der Waals surface area contributed by atoms with Gasteiger partial charge in [-0.05, 0) is 30.5 Å². The lowest BCUT2D eigenvalue weighted by atomic mass is 9.99. The van der Waals surface area contributed by atoms with E-state index in [0.29, 0.717) is 0 Å². The summed E-state index contributed by atoms with van der Waals surface area (Å²) in [7, 11) is 1.89. The van der Waals surface area contributed by atoms with Gasteiger partial charge in [0.05, 0.1) is 17.4 Å². The monoisotopic (exact) mass is 235 g/mol. The van der Waals surface area contributed by atoms with Crippen LogP contribution in [0.3, 0.4) is 0 Å². The van der Waals surface area contributed by atoms with Crippen molar-refractivity contribution in [2.45, 2.75) is 12.8 Å². The van der Waals surface area contributed by atoms with Crippen LogP contribution in [0.5, 0.6) is 0 Å². The van der Waals surface area contributed by atoms with Gasteiger partial charge in [-0.2, -0.15) is 5.10 Å². The van der Waals surface area contributed by atoms with E-state index >= 15 is 0 Å². The second kappa shape index (κ2) is 4.50. The predicted molar refractivity (Wildman–Crippen MR) is 72.1 cm³/mol. The molecule has 0 amide bonds. The van der Waals surface area contributed by atoms with Gasteiger partial charge in [-0.25, -0.2) is 0 Å². The SMILES string of the molecule is Cn1cc(C#Cc2cccc3c2CCC=N3)cn1. The molecule has 0 aliphatic carbocycles. The fraction of sp³-hybridized carbons (Fsp3) is 0.200. The third kappa shape index (κ3) is 2.05. The third-order valence-electron chi connectivity index (χ3n) is 2.95. The maximum Gasteiger partial charge on any atom is 0.0670 e. The molecule has 2 aromatic rings. The summed E-state index contributed by atoms with van der Waals surface area (Å²) in [5.41, 5.74) is 4.33. The first kappa shape index (κ1) is 10.8. The Morgan fingerprint density at radius 2 is 2.22 bits per heavy atom. The van der Waals surface area contributed by atoms with Crippen molar-refractivity contribution in [3.05, 3.63) is 47.3 Å². The third-order valence-corrected chi connectivity index (χ3v) is 2.95. The highest BCUT2D eigenvalue weighted by Gasteiger charge is 2.08. The van der Waals surface area contributed by atoms with E-state index in [1.54, 1.807) is 10.9 Å². The first-order valence-electron chi connectivity index (χ1n) is 5.98. The maximum atomic E-state index is 4.40. The van der Waals surface area contributed by atoms with Crippen molar-refractivity contribution >= 4 is 11.9 Å². The molecule has 0 saturated carbocycles. The number of rotatable bonds is 0. The van der Waals surface area contributed by atoms with Crippen LogP contribution >= 0.6 is 0 Å². The Morgan fingerprint density at radius 1 is 1.28 bits per heavy atom. The normalized spacial score (nSPS) is 12.7. The molecule has 0 saturated heterocycles. The quantitative estimate of drug-likeness (QED) is 0.645. The first-order chi connectivity index (χ1) is 8.83. The Kier molecular flexibility index (Phi) is 2.70. The summed E-state index contributed by atoms with van der Waals surface area (Å²) in [4.78, 5) is 4.40. The summed E-state index contributed by atoms with van der Waals surface area (Å²) in [6.45, 7) is 0. The molecule has 2 heterocycles. The lowest BCUT2D eigenvalue weighted by Crippen LogP contribution is -1.96. The highest BCUT2D eigenvalue weighted by molar-refractivity contribution is 5.71. The van der Waals surface area contributed by atoms with Crippen molar-refractivity contribution in [3.8, 4) is 11.8 Å². The topological polar surface area (TPSA) is 30.2 Å². The largest absolute Gasteiger partial charge is 0.275 e. The van der Waals surface area contributed by atoms with Gasteiger partial charge >= 0.3 is 0 Å². The zero-order valence-corrected chi connectivity index (χ0v) is 10.2. The molecule has 0 N–H and O–H groups in total. The molecule has 0 spiro atoms. The van der Waals surface area contributed by atoms with Crippen LogP contribution in [-0.2, 0) is 13.5 Å². The van der Waals surface area contributed by atoms with Crippen LogP contribution in [0.15, 0.2) is 35.6 Å². The van der Waals surface area contributed by atoms with Crippen molar-refractivity contribution in [1.29, 1.82) is 0 Å². The van der Waals surface area contributed by atoms with Crippen LogP contribution in [0.25, 0.3) is 0 Å². The van der Waals surface area contributed by atoms with E-state index in [2.05, 4.69) is 28.0 Å². The van der Waals surface area contributed by atoms with E-state index in [1.807, 2.05) is 31.6 Å². The minimum atomic E-state index is 0.939. The number of hydrogen-bond acceptors (Lipinski definition) is 2. The molecule has 88 valence electrons. The summed E-state index contributed by atoms with van der Waals surface area (Å²) in [6.07, 6.45) is 7.69. The van der Waals surface area contributed by atoms with Crippen molar-refractivity contribution in [1.82, 2.24) is 9.78 Å². The molecule has 0 bridgehead atoms. The van der Waals surface area contributed by atoms with Gasteiger partial charge in [-0.15, -0.1) is 0 Å². The molecule has 1 aromatic heterocycles. The van der Waals surface area contributed by atoms with E-state index in [0.717, 1.165) is 29.7 Å². The minimum absolute atomic E-state index is 0.939. The second-order valence-electron chi connectivity index (χ2n) is 4.31. The summed E-state index contributed by atoms with van der Waals surface area (Å²) in [6, 6.07) is 6.11. The number of aryl methyl sites for hydroxylation is 1. The van der Waals surface area contributed by atoms with Crippen LogP contribution in [0.2, 0.25) is 0 Å². The fourth-order valence-electron chi connectivity index (χ4n) is 2.07. The standard InChI is InChI=1S/C15H13N3/c1-18-11-12(10-17-18)7-8-13-4-2-6-15-14(13)5-3-9-16-15/h2,4,6,9-11H,3,5H2,1H3.